The summed E-state index contributed by atoms with van der Waals surface area (Å²) >= 11 is 0. The summed E-state index contributed by atoms with van der Waals surface area (Å²) < 4.78 is 126. The lowest BCUT2D eigenvalue weighted by molar-refractivity contribution is -0.138. The van der Waals surface area contributed by atoms with E-state index in [0.29, 0.717) is 125 Å². The molecule has 0 amide bonds. The van der Waals surface area contributed by atoms with Gasteiger partial charge in [0.15, 0.2) is 34.2 Å². The molecule has 4 saturated heterocycles. The van der Waals surface area contributed by atoms with Gasteiger partial charge in [-0.1, -0.05) is 40.5 Å². The number of halogens is 9. The minimum Gasteiger partial charge on any atom is -0.388 e. The average molecular weight is 1650 g/mol. The largest absolute Gasteiger partial charge is 0.416 e. The Morgan fingerprint density at radius 2 is 0.839 bits per heavy atom. The van der Waals surface area contributed by atoms with Crippen LogP contribution in [0.4, 0.5) is 62.8 Å². The monoisotopic (exact) mass is 1650 g/mol. The highest BCUT2D eigenvalue weighted by Crippen LogP contribution is 2.43. The Morgan fingerprint density at radius 3 is 1.23 bits per heavy atom. The highest BCUT2D eigenvalue weighted by Gasteiger charge is 2.44. The van der Waals surface area contributed by atoms with Gasteiger partial charge >= 0.3 is 12.4 Å². The van der Waals surface area contributed by atoms with E-state index in [1.54, 1.807) is 90.9 Å². The van der Waals surface area contributed by atoms with Gasteiger partial charge in [0.25, 0.3) is 0 Å². The van der Waals surface area contributed by atoms with Gasteiger partial charge in [-0.15, -0.1) is 0 Å². The fourth-order valence-corrected chi connectivity index (χ4v) is 16.3. The number of hydrogen-bond donors (Lipinski definition) is 10. The molecule has 16 heterocycles. The van der Waals surface area contributed by atoms with Gasteiger partial charge in [0.2, 0.25) is 0 Å². The topological polar surface area (TPSA) is 347 Å². The van der Waals surface area contributed by atoms with Gasteiger partial charge in [0, 0.05) is 133 Å². The highest BCUT2D eigenvalue weighted by atomic mass is 19.4. The zero-order valence-corrected chi connectivity index (χ0v) is 66.9. The molecule has 7 atom stereocenters. The predicted molar refractivity (Wildman–Crippen MR) is 451 cm³/mol. The minimum absolute atomic E-state index is 0. The summed E-state index contributed by atoms with van der Waals surface area (Å²) in [7, 11) is 0. The molecule has 0 spiro atoms. The van der Waals surface area contributed by atoms with Crippen molar-refractivity contribution in [3.8, 4) is 45.6 Å². The van der Waals surface area contributed by atoms with Crippen LogP contribution < -0.4 is 41.7 Å². The molecule has 12 aromatic heterocycles. The normalized spacial score (nSPS) is 20.2. The van der Waals surface area contributed by atoms with Crippen molar-refractivity contribution in [1.29, 1.82) is 0 Å². The first-order valence-corrected chi connectivity index (χ1v) is 40.0. The summed E-state index contributed by atoms with van der Waals surface area (Å²) in [4.78, 5) is 42.9. The first-order valence-electron chi connectivity index (χ1n) is 40.0. The van der Waals surface area contributed by atoms with Crippen molar-refractivity contribution in [3.05, 3.63) is 145 Å². The number of piperidine rings is 2. The molecule has 1 aliphatic carbocycles. The summed E-state index contributed by atoms with van der Waals surface area (Å²) in [6, 6.07) is 23.5. The Labute approximate surface area is 685 Å². The van der Waals surface area contributed by atoms with Gasteiger partial charge in [0.05, 0.1) is 68.6 Å². The van der Waals surface area contributed by atoms with Gasteiger partial charge in [-0.2, -0.15) is 46.7 Å². The van der Waals surface area contributed by atoms with Crippen molar-refractivity contribution in [2.24, 2.45) is 35.1 Å². The average Bonchev–Trinajstić information content (AvgIpc) is 1.75. The Hall–Kier alpha value is -10.6. The number of nitrogens with two attached hydrogens (primary N) is 2. The number of aromatic nitrogens is 16. The highest BCUT2D eigenvalue weighted by molar-refractivity contribution is 5.93. The molecule has 118 heavy (non-hydrogen) atoms. The number of pyridine rings is 8. The number of aliphatic hydroxyl groups is 2. The Balaban J connectivity index is 0.000000225. The number of alkyl halides is 7. The van der Waals surface area contributed by atoms with Crippen LogP contribution in [-0.4, -0.2) is 197 Å². The SMILES string of the molecule is CC(C)(F)C(N)C1CCCN(c2ccc(F)c(-c3[nH]nc4ncccc34)n2)C1.CC(C)C(C)(O)C1CN(c2cc(C(F)(F)F)cc(-c3[nH]nc4ncccc34)n2)CCN1.CC(C)C(C)(O)C1CN(c2cc(C(F)(F)F)cc(-c3[nH]nc4ncccc34)n2)CCN1.NC1(C2CCCN(c3ccc(F)c(-c4[nH]nc5ncccc45)n3)C2)CCCC1.[HH].[HH].[HH].[HH].[HH].[HH].[HH]. The molecule has 17 rings (SSSR count). The lowest BCUT2D eigenvalue weighted by atomic mass is 9.78. The van der Waals surface area contributed by atoms with E-state index < -0.39 is 52.2 Å². The summed E-state index contributed by atoms with van der Waals surface area (Å²) in [6.07, 6.45) is 6.08. The molecule has 640 valence electrons. The molecule has 1 saturated carbocycles. The van der Waals surface area contributed by atoms with Crippen molar-refractivity contribution in [2.75, 3.05) is 85.0 Å². The van der Waals surface area contributed by atoms with Crippen molar-refractivity contribution >= 4 is 67.4 Å². The van der Waals surface area contributed by atoms with Crippen molar-refractivity contribution in [2.45, 2.75) is 160 Å². The third-order valence-corrected chi connectivity index (χ3v) is 24.2. The Bertz CT molecular complexity index is 5330. The van der Waals surface area contributed by atoms with Crippen LogP contribution >= 0.6 is 0 Å². The second kappa shape index (κ2) is 34.0. The van der Waals surface area contributed by atoms with E-state index in [2.05, 4.69) is 101 Å². The lowest BCUT2D eigenvalue weighted by Gasteiger charge is -2.43. The molecule has 12 aromatic rings. The number of aromatic amines is 4. The third kappa shape index (κ3) is 18.0. The van der Waals surface area contributed by atoms with E-state index in [0.717, 1.165) is 93.6 Å². The quantitative estimate of drug-likeness (QED) is 0.0426. The van der Waals surface area contributed by atoms with Crippen LogP contribution in [0.25, 0.3) is 89.7 Å². The first kappa shape index (κ1) is 83.9. The molecule has 5 fully saturated rings. The van der Waals surface area contributed by atoms with Gasteiger partial charge in [-0.05, 0) is 187 Å². The maximum Gasteiger partial charge on any atom is 0.416 e. The summed E-state index contributed by atoms with van der Waals surface area (Å²) in [5.74, 6) is 1.50. The summed E-state index contributed by atoms with van der Waals surface area (Å²) in [5, 5.41) is 58.8. The molecular formula is C83H113F9N24O2. The number of hydrogen-bond acceptors (Lipinski definition) is 22. The van der Waals surface area contributed by atoms with E-state index in [1.165, 1.54) is 38.8 Å². The van der Waals surface area contributed by atoms with Crippen LogP contribution in [0.3, 0.4) is 0 Å². The molecule has 35 heteroatoms. The smallest absolute Gasteiger partial charge is 0.388 e. The van der Waals surface area contributed by atoms with Crippen LogP contribution in [0.5, 0.6) is 0 Å². The molecule has 5 aliphatic rings. The maximum atomic E-state index is 14.6. The van der Waals surface area contributed by atoms with Gasteiger partial charge in [-0.25, -0.2) is 53.0 Å². The van der Waals surface area contributed by atoms with E-state index >= 15 is 0 Å². The maximum absolute atomic E-state index is 14.6. The molecule has 4 aliphatic heterocycles. The molecule has 26 nitrogen and oxygen atoms in total. The van der Waals surface area contributed by atoms with Crippen molar-refractivity contribution < 1.29 is 59.7 Å². The van der Waals surface area contributed by atoms with Crippen LogP contribution in [0.2, 0.25) is 0 Å². The molecule has 0 aromatic carbocycles. The molecular weight excluding hydrogens is 1540 g/mol. The fraction of sp³-hybridized carbons (Fsp3) is 0.470. The van der Waals surface area contributed by atoms with E-state index in [-0.39, 0.29) is 79.9 Å². The Kier molecular flexibility index (Phi) is 24.2. The molecule has 12 N–H and O–H groups in total. The van der Waals surface area contributed by atoms with E-state index in [9.17, 15) is 49.7 Å². The van der Waals surface area contributed by atoms with Crippen LogP contribution in [-0.2, 0) is 12.4 Å². The fourth-order valence-electron chi connectivity index (χ4n) is 16.3. The second-order valence-electron chi connectivity index (χ2n) is 32.9. The second-order valence-corrected chi connectivity index (χ2v) is 32.9. The Morgan fingerprint density at radius 1 is 0.466 bits per heavy atom. The minimum atomic E-state index is -4.53. The van der Waals surface area contributed by atoms with E-state index in [1.807, 2.05) is 45.9 Å². The van der Waals surface area contributed by atoms with Crippen LogP contribution in [0.15, 0.2) is 122 Å². The van der Waals surface area contributed by atoms with E-state index in [4.69, 9.17) is 11.5 Å². The zero-order valence-electron chi connectivity index (χ0n) is 66.9. The van der Waals surface area contributed by atoms with Gasteiger partial charge < -0.3 is 51.9 Å². The molecule has 0 bridgehead atoms. The number of fused-ring (bicyclic) bond motifs is 4. The van der Waals surface area contributed by atoms with Crippen molar-refractivity contribution in [3.63, 3.8) is 0 Å². The van der Waals surface area contributed by atoms with Gasteiger partial charge in [0.1, 0.15) is 40.3 Å². The summed E-state index contributed by atoms with van der Waals surface area (Å²) in [6.45, 7) is 20.0. The third-order valence-electron chi connectivity index (χ3n) is 24.2. The molecule has 0 radical (unpaired) electrons. The summed E-state index contributed by atoms with van der Waals surface area (Å²) in [5.41, 5.74) is 12.3. The number of piperazine rings is 2. The van der Waals surface area contributed by atoms with Gasteiger partial charge in [-0.3, -0.25) is 20.4 Å². The standard InChI is InChI=1S/2C21H25F3N6O.C21H25FN6.C20H24F2N6.7H2/c2*1-12(2)20(3,31)16-11-30(8-7-25-16)17-10-13(21(22,23)24)9-15(27-17)18-14-5-4-6-26-19(14)29-28-18;22-16-7-8-17(25-19(16)18-15-6-3-11-24-20(15)27-26-18)28-12-4-5-14(13-28)21(23)9-1-2-10-21;1-20(2,22)18(23)12-5-4-10-28(11-12)15-8-7-14(21)17(25-15)16-13-6-3-9-24-19(13)27-26-16;;;;;;;/h2*4-6,9-10,12,16,25,31H,7-8,11H2,1-3H3,(H,26,28,29);3,6-8,11,14H,1-2,4-5,9-10,12-13,23H2,(H,24,26,27);3,6-9,12,18H,4-5,10-11,23H2,1-2H3,(H,24,26,27);7*1H. The number of nitrogens with one attached hydrogen (secondary N) is 6. The number of anilines is 4. The van der Waals surface area contributed by atoms with Crippen LogP contribution in [0.1, 0.15) is 128 Å². The lowest BCUT2D eigenvalue weighted by Crippen LogP contribution is -2.62. The number of nitrogens with zero attached hydrogens (tertiary/aromatic N) is 16. The zero-order chi connectivity index (χ0) is 83.8. The predicted octanol–water partition coefficient (Wildman–Crippen LogP) is 15.3. The first-order chi connectivity index (χ1) is 56.1. The molecule has 7 unspecified atom stereocenters. The van der Waals surface area contributed by atoms with Crippen molar-refractivity contribution in [1.82, 2.24) is 91.3 Å². The number of rotatable bonds is 15. The van der Waals surface area contributed by atoms with Crippen LogP contribution in [0, 0.1) is 35.3 Å². The number of H-pyrrole nitrogens is 4.